The van der Waals surface area contributed by atoms with E-state index < -0.39 is 5.60 Å². The molecule has 0 aliphatic carbocycles. The van der Waals surface area contributed by atoms with Crippen molar-refractivity contribution in [2.24, 2.45) is 0 Å². The fourth-order valence-corrected chi connectivity index (χ4v) is 4.38. The van der Waals surface area contributed by atoms with Gasteiger partial charge >= 0.3 is 0 Å². The molecule has 2 aliphatic rings. The lowest BCUT2D eigenvalue weighted by Gasteiger charge is -2.44. The van der Waals surface area contributed by atoms with E-state index in [0.717, 1.165) is 22.4 Å². The minimum absolute atomic E-state index is 0.0258. The second-order valence-corrected chi connectivity index (χ2v) is 8.76. The fourth-order valence-electron chi connectivity index (χ4n) is 4.38. The summed E-state index contributed by atoms with van der Waals surface area (Å²) in [7, 11) is 0. The lowest BCUT2D eigenvalue weighted by atomic mass is 9.82. The molecule has 1 saturated heterocycles. The van der Waals surface area contributed by atoms with Crippen LogP contribution < -0.4 is 9.47 Å². The average Bonchev–Trinajstić information content (AvgIpc) is 2.69. The summed E-state index contributed by atoms with van der Waals surface area (Å²) >= 11 is 0. The zero-order valence-corrected chi connectivity index (χ0v) is 18.2. The van der Waals surface area contributed by atoms with Gasteiger partial charge in [0.25, 0.3) is 5.91 Å². The van der Waals surface area contributed by atoms with Crippen LogP contribution in [-0.4, -0.2) is 41.9 Å². The summed E-state index contributed by atoms with van der Waals surface area (Å²) in [5, 5.41) is 0. The first-order chi connectivity index (χ1) is 14.3. The second kappa shape index (κ2) is 7.78. The van der Waals surface area contributed by atoms with E-state index in [1.807, 2.05) is 62.9 Å². The van der Waals surface area contributed by atoms with Crippen LogP contribution in [0.1, 0.15) is 51.9 Å². The number of piperidine rings is 1. The molecule has 1 fully saturated rings. The molecule has 2 aromatic rings. The molecule has 2 aliphatic heterocycles. The van der Waals surface area contributed by atoms with Gasteiger partial charge in [0.05, 0.1) is 12.0 Å². The Morgan fingerprint density at radius 1 is 1.03 bits per heavy atom. The molecule has 1 amide bonds. The number of likely N-dealkylation sites (tertiary alicyclic amines) is 1. The van der Waals surface area contributed by atoms with Gasteiger partial charge in [0, 0.05) is 25.9 Å². The summed E-state index contributed by atoms with van der Waals surface area (Å²) in [5.74, 6) is 1.54. The third-order valence-corrected chi connectivity index (χ3v) is 6.41. The Bertz CT molecular complexity index is 1000. The minimum Gasteiger partial charge on any atom is -0.486 e. The fraction of sp³-hybridized carbons (Fsp3) is 0.440. The predicted molar refractivity (Wildman–Crippen MR) is 115 cm³/mol. The van der Waals surface area contributed by atoms with E-state index >= 15 is 0 Å². The van der Waals surface area contributed by atoms with Crippen molar-refractivity contribution in [2.45, 2.75) is 52.6 Å². The molecule has 5 nitrogen and oxygen atoms in total. The molecule has 5 heteroatoms. The molecule has 158 valence electrons. The molecule has 0 radical (unpaired) electrons. The third kappa shape index (κ3) is 3.93. The van der Waals surface area contributed by atoms with Gasteiger partial charge in [0.1, 0.15) is 17.1 Å². The molecule has 0 atom stereocenters. The van der Waals surface area contributed by atoms with E-state index in [-0.39, 0.29) is 18.3 Å². The molecular formula is C25H29NO4. The number of hydrogen-bond acceptors (Lipinski definition) is 4. The highest BCUT2D eigenvalue weighted by Crippen LogP contribution is 2.40. The van der Waals surface area contributed by atoms with Crippen LogP contribution in [0, 0.1) is 27.7 Å². The number of ether oxygens (including phenoxy) is 2. The number of carbonyl (C=O) groups is 2. The standard InChI is InChI=1S/C25H29NO4/c1-16-5-6-22(19(4)11-16)29-15-24(28)26-9-7-25(8-10-26)14-21(27)20-12-17(2)18(3)13-23(20)30-25/h5-6,11-13H,7-10,14-15H2,1-4H3. The van der Waals surface area contributed by atoms with Gasteiger partial charge in [-0.25, -0.2) is 0 Å². The van der Waals surface area contributed by atoms with Crippen LogP contribution >= 0.6 is 0 Å². The molecule has 0 bridgehead atoms. The van der Waals surface area contributed by atoms with Crippen LogP contribution in [0.2, 0.25) is 0 Å². The minimum atomic E-state index is -0.503. The quantitative estimate of drug-likeness (QED) is 0.760. The number of carbonyl (C=O) groups excluding carboxylic acids is 2. The van der Waals surface area contributed by atoms with Crippen molar-refractivity contribution < 1.29 is 19.1 Å². The van der Waals surface area contributed by atoms with Gasteiger partial charge in [-0.1, -0.05) is 17.7 Å². The summed E-state index contributed by atoms with van der Waals surface area (Å²) in [6.07, 6.45) is 1.68. The first-order valence-electron chi connectivity index (χ1n) is 10.6. The van der Waals surface area contributed by atoms with Crippen molar-refractivity contribution >= 4 is 11.7 Å². The lowest BCUT2D eigenvalue weighted by molar-refractivity contribution is -0.136. The molecule has 2 aromatic carbocycles. The van der Waals surface area contributed by atoms with Crippen LogP contribution in [0.15, 0.2) is 30.3 Å². The Labute approximate surface area is 178 Å². The molecule has 2 heterocycles. The SMILES string of the molecule is Cc1ccc(OCC(=O)N2CCC3(CC2)CC(=O)c2cc(C)c(C)cc2O3)c(C)c1. The number of Topliss-reactive ketones (excluding diaryl/α,β-unsaturated/α-hetero) is 1. The molecule has 0 aromatic heterocycles. The van der Waals surface area contributed by atoms with E-state index in [9.17, 15) is 9.59 Å². The van der Waals surface area contributed by atoms with Crippen molar-refractivity contribution in [3.05, 3.63) is 58.1 Å². The highest BCUT2D eigenvalue weighted by atomic mass is 16.5. The Kier molecular flexibility index (Phi) is 5.31. The molecule has 30 heavy (non-hydrogen) atoms. The van der Waals surface area contributed by atoms with Gasteiger partial charge in [0.2, 0.25) is 0 Å². The van der Waals surface area contributed by atoms with Gasteiger partial charge < -0.3 is 14.4 Å². The summed E-state index contributed by atoms with van der Waals surface area (Å²) in [5.41, 5.74) is 4.60. The van der Waals surface area contributed by atoms with Crippen molar-refractivity contribution in [2.75, 3.05) is 19.7 Å². The van der Waals surface area contributed by atoms with Crippen molar-refractivity contribution in [1.82, 2.24) is 4.90 Å². The smallest absolute Gasteiger partial charge is 0.260 e. The number of ketones is 1. The topological polar surface area (TPSA) is 55.8 Å². The van der Waals surface area contributed by atoms with Crippen LogP contribution in [0.3, 0.4) is 0 Å². The van der Waals surface area contributed by atoms with Crippen molar-refractivity contribution in [1.29, 1.82) is 0 Å². The van der Waals surface area contributed by atoms with Gasteiger partial charge in [-0.2, -0.15) is 0 Å². The van der Waals surface area contributed by atoms with Gasteiger partial charge in [-0.3, -0.25) is 9.59 Å². The number of aryl methyl sites for hydroxylation is 4. The number of benzene rings is 2. The van der Waals surface area contributed by atoms with E-state index in [2.05, 4.69) is 0 Å². The number of rotatable bonds is 3. The highest BCUT2D eigenvalue weighted by Gasteiger charge is 2.43. The van der Waals surface area contributed by atoms with Gasteiger partial charge in [-0.15, -0.1) is 0 Å². The van der Waals surface area contributed by atoms with Crippen LogP contribution in [0.4, 0.5) is 0 Å². The second-order valence-electron chi connectivity index (χ2n) is 8.76. The van der Waals surface area contributed by atoms with Gasteiger partial charge in [-0.05, 0) is 62.6 Å². The normalized spacial score (nSPS) is 17.5. The Hall–Kier alpha value is -2.82. The number of hydrogen-bond donors (Lipinski definition) is 0. The Balaban J connectivity index is 1.38. The molecule has 1 spiro atoms. The van der Waals surface area contributed by atoms with Gasteiger partial charge in [0.15, 0.2) is 12.4 Å². The zero-order valence-electron chi connectivity index (χ0n) is 18.2. The summed E-state index contributed by atoms with van der Waals surface area (Å²) in [4.78, 5) is 27.2. The monoisotopic (exact) mass is 407 g/mol. The van der Waals surface area contributed by atoms with E-state index in [1.165, 1.54) is 5.56 Å². The van der Waals surface area contributed by atoms with E-state index in [4.69, 9.17) is 9.47 Å². The number of fused-ring (bicyclic) bond motifs is 1. The summed E-state index contributed by atoms with van der Waals surface area (Å²) < 4.78 is 12.1. The summed E-state index contributed by atoms with van der Waals surface area (Å²) in [6.45, 7) is 9.22. The Morgan fingerprint density at radius 3 is 2.43 bits per heavy atom. The number of nitrogens with zero attached hydrogens (tertiary/aromatic N) is 1. The molecule has 4 rings (SSSR count). The average molecular weight is 408 g/mol. The summed E-state index contributed by atoms with van der Waals surface area (Å²) in [6, 6.07) is 9.84. The molecule has 0 saturated carbocycles. The largest absolute Gasteiger partial charge is 0.486 e. The lowest BCUT2D eigenvalue weighted by Crippen LogP contribution is -2.53. The predicted octanol–water partition coefficient (Wildman–Crippen LogP) is 4.33. The number of amides is 1. The zero-order chi connectivity index (χ0) is 21.5. The first-order valence-corrected chi connectivity index (χ1v) is 10.6. The third-order valence-electron chi connectivity index (χ3n) is 6.41. The molecular weight excluding hydrogens is 378 g/mol. The molecule has 0 unspecified atom stereocenters. The maximum absolute atomic E-state index is 12.8. The molecule has 0 N–H and O–H groups in total. The highest BCUT2D eigenvalue weighted by molar-refractivity contribution is 6.00. The Morgan fingerprint density at radius 2 is 1.73 bits per heavy atom. The van der Waals surface area contributed by atoms with Crippen molar-refractivity contribution in [3.63, 3.8) is 0 Å². The van der Waals surface area contributed by atoms with E-state index in [1.54, 1.807) is 0 Å². The first kappa shape index (κ1) is 20.5. The van der Waals surface area contributed by atoms with Crippen LogP contribution in [0.5, 0.6) is 11.5 Å². The van der Waals surface area contributed by atoms with Crippen LogP contribution in [0.25, 0.3) is 0 Å². The maximum atomic E-state index is 12.8. The van der Waals surface area contributed by atoms with E-state index in [0.29, 0.717) is 43.7 Å². The van der Waals surface area contributed by atoms with Crippen molar-refractivity contribution in [3.8, 4) is 11.5 Å². The maximum Gasteiger partial charge on any atom is 0.260 e. The van der Waals surface area contributed by atoms with Crippen LogP contribution in [-0.2, 0) is 4.79 Å².